The number of anilines is 1. The molecule has 1 aromatic carbocycles. The lowest BCUT2D eigenvalue weighted by Crippen LogP contribution is -2.26. The summed E-state index contributed by atoms with van der Waals surface area (Å²) < 4.78 is 1.15. The van der Waals surface area contributed by atoms with Gasteiger partial charge in [0.2, 0.25) is 5.91 Å². The molecule has 2 N–H and O–H groups in total. The van der Waals surface area contributed by atoms with Crippen molar-refractivity contribution in [3.63, 3.8) is 0 Å². The van der Waals surface area contributed by atoms with Crippen LogP contribution in [0.4, 0.5) is 5.69 Å². The lowest BCUT2D eigenvalue weighted by Gasteiger charge is -2.19. The Bertz CT molecular complexity index is 419. The molecule has 0 radical (unpaired) electrons. The van der Waals surface area contributed by atoms with Gasteiger partial charge in [-0.1, -0.05) is 6.07 Å². The van der Waals surface area contributed by atoms with Crippen molar-refractivity contribution in [3.8, 4) is 0 Å². The number of hydrogen-bond acceptors (Lipinski definition) is 2. The van der Waals surface area contributed by atoms with Crippen molar-refractivity contribution in [2.24, 2.45) is 11.7 Å². The molecule has 1 saturated heterocycles. The van der Waals surface area contributed by atoms with Crippen LogP contribution in [0.5, 0.6) is 0 Å². The molecule has 1 atom stereocenters. The van der Waals surface area contributed by atoms with Gasteiger partial charge in [-0.2, -0.15) is 0 Å². The van der Waals surface area contributed by atoms with Crippen molar-refractivity contribution in [2.75, 3.05) is 18.0 Å². The number of nitrogens with two attached hydrogens (primary N) is 1. The smallest absolute Gasteiger partial charge is 0.227 e. The van der Waals surface area contributed by atoms with E-state index in [2.05, 4.69) is 40.8 Å². The average molecular weight is 330 g/mol. The molecule has 1 heterocycles. The van der Waals surface area contributed by atoms with E-state index in [0.29, 0.717) is 18.9 Å². The Labute approximate surface area is 109 Å². The van der Waals surface area contributed by atoms with E-state index >= 15 is 0 Å². The molecule has 1 fully saturated rings. The molecule has 1 unspecified atom stereocenters. The quantitative estimate of drug-likeness (QED) is 0.842. The minimum absolute atomic E-state index is 0.195. The van der Waals surface area contributed by atoms with E-state index in [1.54, 1.807) is 0 Å². The summed E-state index contributed by atoms with van der Waals surface area (Å²) >= 11 is 2.27. The van der Waals surface area contributed by atoms with Crippen molar-refractivity contribution >= 4 is 34.2 Å². The van der Waals surface area contributed by atoms with Crippen LogP contribution in [-0.4, -0.2) is 19.0 Å². The van der Waals surface area contributed by atoms with Crippen LogP contribution in [0.1, 0.15) is 12.0 Å². The fourth-order valence-electron chi connectivity index (χ4n) is 2.05. The highest BCUT2D eigenvalue weighted by molar-refractivity contribution is 14.1. The summed E-state index contributed by atoms with van der Waals surface area (Å²) in [6.07, 6.45) is 0.585. The molecule has 1 amide bonds. The van der Waals surface area contributed by atoms with Crippen molar-refractivity contribution in [3.05, 3.63) is 27.3 Å². The molecule has 4 heteroatoms. The first-order valence-electron chi connectivity index (χ1n) is 5.38. The van der Waals surface area contributed by atoms with Gasteiger partial charge in [0.1, 0.15) is 0 Å². The van der Waals surface area contributed by atoms with Crippen molar-refractivity contribution in [2.45, 2.75) is 13.3 Å². The van der Waals surface area contributed by atoms with Gasteiger partial charge in [0.25, 0.3) is 0 Å². The maximum atomic E-state index is 11.9. The maximum absolute atomic E-state index is 11.9. The predicted octanol–water partition coefficient (Wildman–Crippen LogP) is 1.91. The second-order valence-corrected chi connectivity index (χ2v) is 5.49. The van der Waals surface area contributed by atoms with Gasteiger partial charge in [-0.15, -0.1) is 0 Å². The first-order valence-corrected chi connectivity index (χ1v) is 6.46. The summed E-state index contributed by atoms with van der Waals surface area (Å²) in [7, 11) is 0. The highest BCUT2D eigenvalue weighted by atomic mass is 127. The van der Waals surface area contributed by atoms with E-state index in [0.717, 1.165) is 21.4 Å². The van der Waals surface area contributed by atoms with Crippen LogP contribution in [0.25, 0.3) is 0 Å². The van der Waals surface area contributed by atoms with Crippen molar-refractivity contribution in [1.82, 2.24) is 0 Å². The number of halogens is 1. The third-order valence-electron chi connectivity index (χ3n) is 3.00. The summed E-state index contributed by atoms with van der Waals surface area (Å²) in [5.74, 6) is 0.505. The van der Waals surface area contributed by atoms with Gasteiger partial charge in [0.15, 0.2) is 0 Å². The van der Waals surface area contributed by atoms with Crippen molar-refractivity contribution in [1.29, 1.82) is 0 Å². The molecule has 0 spiro atoms. The van der Waals surface area contributed by atoms with Crippen LogP contribution in [0, 0.1) is 16.4 Å². The molecule has 1 aliphatic rings. The van der Waals surface area contributed by atoms with Gasteiger partial charge in [0, 0.05) is 22.2 Å². The first-order chi connectivity index (χ1) is 7.61. The molecule has 16 heavy (non-hydrogen) atoms. The molecular formula is C12H15IN2O. The van der Waals surface area contributed by atoms with E-state index in [1.165, 1.54) is 0 Å². The molecule has 0 saturated carbocycles. The highest BCUT2D eigenvalue weighted by Crippen LogP contribution is 2.28. The monoisotopic (exact) mass is 330 g/mol. The zero-order chi connectivity index (χ0) is 11.7. The SMILES string of the molecule is Cc1ccc(I)cc1N1CC(CN)CC1=O. The summed E-state index contributed by atoms with van der Waals surface area (Å²) in [4.78, 5) is 13.7. The van der Waals surface area contributed by atoms with E-state index in [4.69, 9.17) is 5.73 Å². The lowest BCUT2D eigenvalue weighted by molar-refractivity contribution is -0.117. The maximum Gasteiger partial charge on any atom is 0.227 e. The minimum atomic E-state index is 0.195. The van der Waals surface area contributed by atoms with E-state index in [-0.39, 0.29) is 5.91 Å². The zero-order valence-corrected chi connectivity index (χ0v) is 11.4. The summed E-state index contributed by atoms with van der Waals surface area (Å²) in [6, 6.07) is 6.17. The third-order valence-corrected chi connectivity index (χ3v) is 3.67. The summed E-state index contributed by atoms with van der Waals surface area (Å²) in [5.41, 5.74) is 7.80. The van der Waals surface area contributed by atoms with Crippen LogP contribution in [0.3, 0.4) is 0 Å². The number of rotatable bonds is 2. The Morgan fingerprint density at radius 2 is 2.31 bits per heavy atom. The second kappa shape index (κ2) is 4.71. The first kappa shape index (κ1) is 11.9. The van der Waals surface area contributed by atoms with E-state index in [1.807, 2.05) is 11.8 Å². The molecule has 0 aliphatic carbocycles. The molecule has 0 aromatic heterocycles. The van der Waals surface area contributed by atoms with Crippen LogP contribution in [0.2, 0.25) is 0 Å². The topological polar surface area (TPSA) is 46.3 Å². The molecule has 2 rings (SSSR count). The van der Waals surface area contributed by atoms with Gasteiger partial charge in [-0.3, -0.25) is 4.79 Å². The Kier molecular flexibility index (Phi) is 3.49. The van der Waals surface area contributed by atoms with Crippen LogP contribution < -0.4 is 10.6 Å². The number of aryl methyl sites for hydroxylation is 1. The van der Waals surface area contributed by atoms with Gasteiger partial charge < -0.3 is 10.6 Å². The van der Waals surface area contributed by atoms with Gasteiger partial charge >= 0.3 is 0 Å². The Morgan fingerprint density at radius 1 is 1.56 bits per heavy atom. The summed E-state index contributed by atoms with van der Waals surface area (Å²) in [6.45, 7) is 3.38. The number of carbonyl (C=O) groups excluding carboxylic acids is 1. The molecule has 3 nitrogen and oxygen atoms in total. The molecular weight excluding hydrogens is 315 g/mol. The number of carbonyl (C=O) groups is 1. The largest absolute Gasteiger partial charge is 0.330 e. The Balaban J connectivity index is 2.30. The fraction of sp³-hybridized carbons (Fsp3) is 0.417. The van der Waals surface area contributed by atoms with Crippen LogP contribution in [0.15, 0.2) is 18.2 Å². The van der Waals surface area contributed by atoms with E-state index < -0.39 is 0 Å². The Hall–Kier alpha value is -0.620. The predicted molar refractivity (Wildman–Crippen MR) is 73.4 cm³/mol. The molecule has 1 aromatic rings. The van der Waals surface area contributed by atoms with Gasteiger partial charge in [0.05, 0.1) is 0 Å². The minimum Gasteiger partial charge on any atom is -0.330 e. The average Bonchev–Trinajstić information content (AvgIpc) is 2.63. The van der Waals surface area contributed by atoms with Crippen LogP contribution in [-0.2, 0) is 4.79 Å². The van der Waals surface area contributed by atoms with Crippen LogP contribution >= 0.6 is 22.6 Å². The van der Waals surface area contributed by atoms with Gasteiger partial charge in [-0.25, -0.2) is 0 Å². The van der Waals surface area contributed by atoms with Gasteiger partial charge in [-0.05, 0) is 59.7 Å². The summed E-state index contributed by atoms with van der Waals surface area (Å²) in [5, 5.41) is 0. The van der Waals surface area contributed by atoms with E-state index in [9.17, 15) is 4.79 Å². The number of nitrogens with zero attached hydrogens (tertiary/aromatic N) is 1. The standard InChI is InChI=1S/C12H15IN2O/c1-8-2-3-10(13)5-11(8)15-7-9(6-14)4-12(15)16/h2-3,5,9H,4,6-7,14H2,1H3. The molecule has 0 bridgehead atoms. The highest BCUT2D eigenvalue weighted by Gasteiger charge is 2.30. The van der Waals surface area contributed by atoms with Crippen molar-refractivity contribution < 1.29 is 4.79 Å². The normalized spacial score (nSPS) is 20.6. The number of hydrogen-bond donors (Lipinski definition) is 1. The zero-order valence-electron chi connectivity index (χ0n) is 9.24. The third kappa shape index (κ3) is 2.22. The molecule has 86 valence electrons. The number of benzene rings is 1. The number of amides is 1. The second-order valence-electron chi connectivity index (χ2n) is 4.24. The fourth-order valence-corrected chi connectivity index (χ4v) is 2.52. The molecule has 1 aliphatic heterocycles. The Morgan fingerprint density at radius 3 is 2.94 bits per heavy atom. The lowest BCUT2D eigenvalue weighted by atomic mass is 10.1.